The summed E-state index contributed by atoms with van der Waals surface area (Å²) >= 11 is 0. The first kappa shape index (κ1) is 15.3. The fourth-order valence-electron chi connectivity index (χ4n) is 2.72. The lowest BCUT2D eigenvalue weighted by atomic mass is 10.0. The number of nitriles is 1. The molecule has 0 aromatic heterocycles. The molecule has 1 aliphatic heterocycles. The van der Waals surface area contributed by atoms with Gasteiger partial charge in [0.1, 0.15) is 11.8 Å². The molecule has 21 heavy (non-hydrogen) atoms. The van der Waals surface area contributed by atoms with E-state index in [0.29, 0.717) is 17.9 Å². The van der Waals surface area contributed by atoms with E-state index in [0.717, 1.165) is 38.8 Å². The van der Waals surface area contributed by atoms with Crippen LogP contribution in [-0.4, -0.2) is 36.5 Å². The molecule has 1 atom stereocenters. The summed E-state index contributed by atoms with van der Waals surface area (Å²) in [5.41, 5.74) is 5.99. The number of benzene rings is 1. The van der Waals surface area contributed by atoms with Crippen LogP contribution in [0, 0.1) is 11.3 Å². The van der Waals surface area contributed by atoms with Crippen LogP contribution in [0.5, 0.6) is 5.75 Å². The lowest BCUT2D eigenvalue weighted by molar-refractivity contribution is -0.124. The van der Waals surface area contributed by atoms with E-state index in [1.54, 1.807) is 12.1 Å². The van der Waals surface area contributed by atoms with E-state index in [1.807, 2.05) is 12.1 Å². The number of rotatable bonds is 6. The van der Waals surface area contributed by atoms with Crippen molar-refractivity contribution in [3.05, 3.63) is 29.8 Å². The highest BCUT2D eigenvalue weighted by Crippen LogP contribution is 2.18. The molecular formula is C16H21N3O2. The lowest BCUT2D eigenvalue weighted by Crippen LogP contribution is -2.48. The molecule has 112 valence electrons. The minimum atomic E-state index is -0.231. The van der Waals surface area contributed by atoms with Gasteiger partial charge in [0.15, 0.2) is 0 Å². The monoisotopic (exact) mass is 287 g/mol. The van der Waals surface area contributed by atoms with Crippen molar-refractivity contribution in [1.82, 2.24) is 4.90 Å². The molecule has 5 nitrogen and oxygen atoms in total. The summed E-state index contributed by atoms with van der Waals surface area (Å²) in [5.74, 6) is 0.385. The number of piperidine rings is 1. The minimum Gasteiger partial charge on any atom is -0.492 e. The molecule has 0 aliphatic carbocycles. The Kier molecular flexibility index (Phi) is 5.59. The number of carbonyl (C=O) groups excluding carboxylic acids is 1. The van der Waals surface area contributed by atoms with Crippen LogP contribution in [0.25, 0.3) is 0 Å². The van der Waals surface area contributed by atoms with Gasteiger partial charge in [-0.15, -0.1) is 0 Å². The predicted octanol–water partition coefficient (Wildman–Crippen LogP) is 1.67. The largest absolute Gasteiger partial charge is 0.492 e. The van der Waals surface area contributed by atoms with Gasteiger partial charge in [0.2, 0.25) is 5.91 Å². The molecule has 5 heteroatoms. The third kappa shape index (κ3) is 4.20. The Morgan fingerprint density at radius 1 is 1.43 bits per heavy atom. The summed E-state index contributed by atoms with van der Waals surface area (Å²) in [4.78, 5) is 13.6. The minimum absolute atomic E-state index is 0.134. The fourth-order valence-corrected chi connectivity index (χ4v) is 2.72. The molecule has 0 bridgehead atoms. The first-order valence-corrected chi connectivity index (χ1v) is 7.37. The van der Waals surface area contributed by atoms with Gasteiger partial charge < -0.3 is 10.5 Å². The zero-order chi connectivity index (χ0) is 15.1. The number of carbonyl (C=O) groups is 1. The van der Waals surface area contributed by atoms with E-state index in [4.69, 9.17) is 15.7 Å². The van der Waals surface area contributed by atoms with Crippen molar-refractivity contribution in [3.63, 3.8) is 0 Å². The van der Waals surface area contributed by atoms with Gasteiger partial charge in [0.05, 0.1) is 18.2 Å². The van der Waals surface area contributed by atoms with Crippen molar-refractivity contribution in [1.29, 1.82) is 5.26 Å². The molecule has 1 fully saturated rings. The van der Waals surface area contributed by atoms with Gasteiger partial charge in [-0.05, 0) is 37.9 Å². The number of nitrogens with two attached hydrogens (primary N) is 1. The molecular weight excluding hydrogens is 266 g/mol. The Balaban J connectivity index is 1.79. The van der Waals surface area contributed by atoms with E-state index in [1.165, 1.54) is 0 Å². The van der Waals surface area contributed by atoms with Crippen molar-refractivity contribution in [2.75, 3.05) is 19.7 Å². The van der Waals surface area contributed by atoms with E-state index < -0.39 is 0 Å². The summed E-state index contributed by atoms with van der Waals surface area (Å²) < 4.78 is 5.65. The normalized spacial score (nSPS) is 18.9. The average Bonchev–Trinajstić information content (AvgIpc) is 2.52. The SMILES string of the molecule is N#Cc1ccccc1OCCCN1CCCCC1C(N)=O. The second-order valence-corrected chi connectivity index (χ2v) is 5.26. The van der Waals surface area contributed by atoms with Crippen molar-refractivity contribution < 1.29 is 9.53 Å². The Bertz CT molecular complexity index is 524. The molecule has 1 saturated heterocycles. The molecule has 1 heterocycles. The van der Waals surface area contributed by atoms with Crippen molar-refractivity contribution in [2.24, 2.45) is 5.73 Å². The van der Waals surface area contributed by atoms with Gasteiger partial charge >= 0.3 is 0 Å². The molecule has 2 rings (SSSR count). The Hall–Kier alpha value is -2.06. The molecule has 1 unspecified atom stereocenters. The maximum absolute atomic E-state index is 11.4. The number of hydrogen-bond acceptors (Lipinski definition) is 4. The van der Waals surface area contributed by atoms with E-state index in [2.05, 4.69) is 11.0 Å². The maximum atomic E-state index is 11.4. The van der Waals surface area contributed by atoms with Crippen LogP contribution < -0.4 is 10.5 Å². The lowest BCUT2D eigenvalue weighted by Gasteiger charge is -2.33. The molecule has 0 spiro atoms. The van der Waals surface area contributed by atoms with Gasteiger partial charge in [0, 0.05) is 6.54 Å². The second-order valence-electron chi connectivity index (χ2n) is 5.26. The predicted molar refractivity (Wildman–Crippen MR) is 79.7 cm³/mol. The molecule has 1 aromatic carbocycles. The van der Waals surface area contributed by atoms with Crippen LogP contribution in [0.1, 0.15) is 31.2 Å². The quantitative estimate of drug-likeness (QED) is 0.807. The summed E-state index contributed by atoms with van der Waals surface area (Å²) in [6.07, 6.45) is 3.84. The Labute approximate surface area is 125 Å². The third-order valence-electron chi connectivity index (χ3n) is 3.80. The maximum Gasteiger partial charge on any atom is 0.234 e. The van der Waals surface area contributed by atoms with Gasteiger partial charge in [0.25, 0.3) is 0 Å². The van der Waals surface area contributed by atoms with Crippen LogP contribution in [0.3, 0.4) is 0 Å². The summed E-state index contributed by atoms with van der Waals surface area (Å²) in [6.45, 7) is 2.24. The second kappa shape index (κ2) is 7.65. The number of para-hydroxylation sites is 1. The van der Waals surface area contributed by atoms with Crippen LogP contribution in [0.2, 0.25) is 0 Å². The molecule has 1 amide bonds. The standard InChI is InChI=1S/C16H21N3O2/c17-12-13-6-1-2-8-15(13)21-11-5-10-19-9-4-3-7-14(19)16(18)20/h1-2,6,8,14H,3-5,7,9-11H2,(H2,18,20). The molecule has 2 N–H and O–H groups in total. The third-order valence-corrected chi connectivity index (χ3v) is 3.80. The molecule has 0 saturated carbocycles. The van der Waals surface area contributed by atoms with Gasteiger partial charge in [-0.25, -0.2) is 0 Å². The summed E-state index contributed by atoms with van der Waals surface area (Å²) in [5, 5.41) is 8.99. The van der Waals surface area contributed by atoms with Crippen LogP contribution in [0.4, 0.5) is 0 Å². The highest BCUT2D eigenvalue weighted by molar-refractivity contribution is 5.79. The Morgan fingerprint density at radius 2 is 2.24 bits per heavy atom. The topological polar surface area (TPSA) is 79.3 Å². The van der Waals surface area contributed by atoms with Crippen molar-refractivity contribution >= 4 is 5.91 Å². The molecule has 1 aliphatic rings. The first-order chi connectivity index (χ1) is 10.2. The highest BCUT2D eigenvalue weighted by Gasteiger charge is 2.26. The molecule has 1 aromatic rings. The zero-order valence-corrected chi connectivity index (χ0v) is 12.1. The first-order valence-electron chi connectivity index (χ1n) is 7.37. The number of nitrogens with zero attached hydrogens (tertiary/aromatic N) is 2. The summed E-state index contributed by atoms with van der Waals surface area (Å²) in [7, 11) is 0. The average molecular weight is 287 g/mol. The highest BCUT2D eigenvalue weighted by atomic mass is 16.5. The van der Waals surface area contributed by atoms with Crippen molar-refractivity contribution in [3.8, 4) is 11.8 Å². The molecule has 0 radical (unpaired) electrons. The summed E-state index contributed by atoms with van der Waals surface area (Å²) in [6, 6.07) is 9.18. The van der Waals surface area contributed by atoms with Crippen LogP contribution in [0.15, 0.2) is 24.3 Å². The zero-order valence-electron chi connectivity index (χ0n) is 12.1. The number of amides is 1. The van der Waals surface area contributed by atoms with Gasteiger partial charge in [-0.2, -0.15) is 5.26 Å². The van der Waals surface area contributed by atoms with Gasteiger partial charge in [-0.3, -0.25) is 9.69 Å². The van der Waals surface area contributed by atoms with E-state index >= 15 is 0 Å². The fraction of sp³-hybridized carbons (Fsp3) is 0.500. The smallest absolute Gasteiger partial charge is 0.234 e. The number of primary amides is 1. The Morgan fingerprint density at radius 3 is 3.00 bits per heavy atom. The number of ether oxygens (including phenoxy) is 1. The van der Waals surface area contributed by atoms with Crippen LogP contribution in [-0.2, 0) is 4.79 Å². The van der Waals surface area contributed by atoms with E-state index in [9.17, 15) is 4.79 Å². The van der Waals surface area contributed by atoms with Crippen LogP contribution >= 0.6 is 0 Å². The number of hydrogen-bond donors (Lipinski definition) is 1. The van der Waals surface area contributed by atoms with E-state index in [-0.39, 0.29) is 11.9 Å². The number of likely N-dealkylation sites (tertiary alicyclic amines) is 1. The van der Waals surface area contributed by atoms with Crippen molar-refractivity contribution in [2.45, 2.75) is 31.7 Å². The van der Waals surface area contributed by atoms with Gasteiger partial charge in [-0.1, -0.05) is 18.6 Å².